The number of halogens is 1. The molecular weight excluding hydrogens is 495 g/mol. The Morgan fingerprint density at radius 2 is 1.66 bits per heavy atom. The first-order chi connectivity index (χ1) is 13.5. The molecule has 0 saturated carbocycles. The minimum absolute atomic E-state index is 0.198. The lowest BCUT2D eigenvalue weighted by Crippen LogP contribution is -2.60. The van der Waals surface area contributed by atoms with Crippen LogP contribution in [0.2, 0.25) is 0 Å². The van der Waals surface area contributed by atoms with Crippen LogP contribution in [0.1, 0.15) is 41.0 Å². The van der Waals surface area contributed by atoms with Gasteiger partial charge in [-0.1, -0.05) is 34.2 Å². The number of ether oxygens (including phenoxy) is 5. The molecule has 1 saturated heterocycles. The Bertz CT molecular complexity index is 664. The molecule has 1 rings (SSSR count). The first-order valence-electron chi connectivity index (χ1n) is 9.06. The van der Waals surface area contributed by atoms with Gasteiger partial charge in [0.2, 0.25) is 0 Å². The quantitative estimate of drug-likeness (QED) is 0.120. The summed E-state index contributed by atoms with van der Waals surface area (Å²) in [6, 6.07) is 0. The Morgan fingerprint density at radius 3 is 2.14 bits per heavy atom. The summed E-state index contributed by atoms with van der Waals surface area (Å²) in [5.41, 5.74) is 1.01. The van der Waals surface area contributed by atoms with Gasteiger partial charge >= 0.3 is 17.9 Å². The van der Waals surface area contributed by atoms with Gasteiger partial charge in [0, 0.05) is 27.2 Å². The molecule has 8 nitrogen and oxygen atoms in total. The summed E-state index contributed by atoms with van der Waals surface area (Å²) < 4.78 is 27.3. The molecule has 0 aromatic rings. The molecule has 0 radical (unpaired) electrons. The monoisotopic (exact) mass is 522 g/mol. The van der Waals surface area contributed by atoms with Gasteiger partial charge in [-0.2, -0.15) is 0 Å². The van der Waals surface area contributed by atoms with Gasteiger partial charge in [0.1, 0.15) is 16.6 Å². The molecule has 9 heteroatoms. The van der Waals surface area contributed by atoms with Gasteiger partial charge in [-0.05, 0) is 13.8 Å². The SMILES string of the molecule is C#CC[C@@H](C=C(C)C)O[C@H]1O[C@H](COC(C)=O)[C@@H](OC(C)=O)[C@H](OC(C)=O)[C@@H]1I. The highest BCUT2D eigenvalue weighted by atomic mass is 127. The van der Waals surface area contributed by atoms with Crippen LogP contribution in [0.15, 0.2) is 11.6 Å². The first kappa shape index (κ1) is 25.4. The third-order valence-electron chi connectivity index (χ3n) is 3.78. The third-order valence-corrected chi connectivity index (χ3v) is 5.07. The topological polar surface area (TPSA) is 97.4 Å². The Morgan fingerprint density at radius 1 is 1.07 bits per heavy atom. The van der Waals surface area contributed by atoms with Crippen molar-refractivity contribution in [2.24, 2.45) is 0 Å². The molecular formula is C20H27IO8. The van der Waals surface area contributed by atoms with E-state index in [1.807, 2.05) is 42.5 Å². The molecule has 0 bridgehead atoms. The lowest BCUT2D eigenvalue weighted by atomic mass is 10.0. The maximum Gasteiger partial charge on any atom is 0.303 e. The van der Waals surface area contributed by atoms with Crippen LogP contribution in [-0.2, 0) is 38.1 Å². The Hall–Kier alpha value is -1.64. The van der Waals surface area contributed by atoms with Gasteiger partial charge in [-0.3, -0.25) is 14.4 Å². The van der Waals surface area contributed by atoms with Crippen molar-refractivity contribution in [1.29, 1.82) is 0 Å². The molecule has 0 amide bonds. The summed E-state index contributed by atoms with van der Waals surface area (Å²) in [5, 5.41) is 0. The van der Waals surface area contributed by atoms with Gasteiger partial charge in [0.25, 0.3) is 0 Å². The smallest absolute Gasteiger partial charge is 0.303 e. The minimum Gasteiger partial charge on any atom is -0.463 e. The van der Waals surface area contributed by atoms with Gasteiger partial charge in [-0.25, -0.2) is 0 Å². The highest BCUT2D eigenvalue weighted by Gasteiger charge is 2.50. The Labute approximate surface area is 184 Å². The average Bonchev–Trinajstić information content (AvgIpc) is 2.58. The first-order valence-corrected chi connectivity index (χ1v) is 10.3. The largest absolute Gasteiger partial charge is 0.463 e. The lowest BCUT2D eigenvalue weighted by molar-refractivity contribution is -0.265. The maximum absolute atomic E-state index is 11.7. The predicted octanol–water partition coefficient (Wildman–Crippen LogP) is 2.32. The zero-order valence-electron chi connectivity index (χ0n) is 17.2. The second kappa shape index (κ2) is 12.1. The van der Waals surface area contributed by atoms with Gasteiger partial charge < -0.3 is 23.7 Å². The second-order valence-corrected chi connectivity index (χ2v) is 8.20. The van der Waals surface area contributed by atoms with Gasteiger partial charge in [0.05, 0.1) is 6.10 Å². The van der Waals surface area contributed by atoms with E-state index < -0.39 is 52.5 Å². The van der Waals surface area contributed by atoms with Crippen LogP contribution in [0.3, 0.4) is 0 Å². The molecule has 162 valence electrons. The summed E-state index contributed by atoms with van der Waals surface area (Å²) in [6.45, 7) is 7.37. The summed E-state index contributed by atoms with van der Waals surface area (Å²) in [4.78, 5) is 34.6. The molecule has 6 atom stereocenters. The summed E-state index contributed by atoms with van der Waals surface area (Å²) in [5.74, 6) is 0.898. The van der Waals surface area contributed by atoms with Crippen LogP contribution in [0.5, 0.6) is 0 Å². The van der Waals surface area contributed by atoms with Crippen LogP contribution in [0.25, 0.3) is 0 Å². The van der Waals surface area contributed by atoms with E-state index in [1.54, 1.807) is 0 Å². The van der Waals surface area contributed by atoms with E-state index in [4.69, 9.17) is 30.1 Å². The van der Waals surface area contributed by atoms with Gasteiger partial charge in [0.15, 0.2) is 18.5 Å². The average molecular weight is 522 g/mol. The van der Waals surface area contributed by atoms with Gasteiger partial charge in [-0.15, -0.1) is 12.3 Å². The molecule has 1 aliphatic heterocycles. The maximum atomic E-state index is 11.7. The zero-order valence-corrected chi connectivity index (χ0v) is 19.3. The van der Waals surface area contributed by atoms with E-state index in [1.165, 1.54) is 20.8 Å². The molecule has 1 fully saturated rings. The highest BCUT2D eigenvalue weighted by molar-refractivity contribution is 14.1. The van der Waals surface area contributed by atoms with E-state index in [0.29, 0.717) is 6.42 Å². The van der Waals surface area contributed by atoms with Crippen molar-refractivity contribution in [2.75, 3.05) is 6.61 Å². The van der Waals surface area contributed by atoms with Crippen LogP contribution < -0.4 is 0 Å². The second-order valence-electron chi connectivity index (χ2n) is 6.76. The number of terminal acetylenes is 1. The summed E-state index contributed by atoms with van der Waals surface area (Å²) in [6.07, 6.45) is 3.63. The Kier molecular flexibility index (Phi) is 10.6. The van der Waals surface area contributed by atoms with E-state index in [2.05, 4.69) is 5.92 Å². The van der Waals surface area contributed by atoms with Crippen molar-refractivity contribution in [1.82, 2.24) is 0 Å². The third kappa shape index (κ3) is 8.72. The number of hydrogen-bond donors (Lipinski definition) is 0. The van der Waals surface area contributed by atoms with Crippen LogP contribution in [0, 0.1) is 12.3 Å². The fourth-order valence-corrected chi connectivity index (χ4v) is 3.67. The summed E-state index contributed by atoms with van der Waals surface area (Å²) >= 11 is 2.02. The molecule has 0 N–H and O–H groups in total. The molecule has 29 heavy (non-hydrogen) atoms. The van der Waals surface area contributed by atoms with Crippen molar-refractivity contribution in [2.45, 2.75) is 75.7 Å². The normalized spacial score (nSPS) is 27.1. The molecule has 0 spiro atoms. The van der Waals surface area contributed by atoms with E-state index >= 15 is 0 Å². The number of esters is 3. The van der Waals surface area contributed by atoms with E-state index in [9.17, 15) is 14.4 Å². The summed E-state index contributed by atoms with van der Waals surface area (Å²) in [7, 11) is 0. The van der Waals surface area contributed by atoms with Crippen LogP contribution in [0.4, 0.5) is 0 Å². The van der Waals surface area contributed by atoms with E-state index in [-0.39, 0.29) is 6.61 Å². The van der Waals surface area contributed by atoms with Crippen molar-refractivity contribution in [3.63, 3.8) is 0 Å². The highest BCUT2D eigenvalue weighted by Crippen LogP contribution is 2.33. The van der Waals surface area contributed by atoms with Crippen molar-refractivity contribution in [3.05, 3.63) is 11.6 Å². The van der Waals surface area contributed by atoms with Crippen molar-refractivity contribution >= 4 is 40.5 Å². The molecule has 1 aliphatic rings. The molecule has 1 heterocycles. The van der Waals surface area contributed by atoms with Crippen LogP contribution in [-0.4, -0.2) is 59.1 Å². The van der Waals surface area contributed by atoms with E-state index in [0.717, 1.165) is 5.57 Å². The number of allylic oxidation sites excluding steroid dienone is 1. The van der Waals surface area contributed by atoms with Crippen LogP contribution >= 0.6 is 22.6 Å². The molecule has 0 aromatic heterocycles. The van der Waals surface area contributed by atoms with Crippen molar-refractivity contribution < 1.29 is 38.1 Å². The fourth-order valence-electron chi connectivity index (χ4n) is 2.78. The number of hydrogen-bond acceptors (Lipinski definition) is 8. The number of carbonyl (C=O) groups excluding carboxylic acids is 3. The standard InChI is InChI=1S/C20H27IO8/c1-7-8-15(9-11(2)3)28-20-17(21)19(27-14(6)24)18(26-13(5)23)16(29-20)10-25-12(4)22/h1,9,15-20H,8,10H2,2-6H3/t15-,16+,17-,18+,19+,20-/m0/s1. The zero-order chi connectivity index (χ0) is 22.1. The molecule has 0 unspecified atom stereocenters. The number of rotatable bonds is 8. The molecule has 0 aliphatic carbocycles. The van der Waals surface area contributed by atoms with Crippen molar-refractivity contribution in [3.8, 4) is 12.3 Å². The fraction of sp³-hybridized carbons (Fsp3) is 0.650. The lowest BCUT2D eigenvalue weighted by Gasteiger charge is -2.43. The Balaban J connectivity index is 3.18. The number of carbonyl (C=O) groups is 3. The number of alkyl halides is 1. The minimum atomic E-state index is -0.966. The predicted molar refractivity (Wildman–Crippen MR) is 112 cm³/mol. The molecule has 0 aromatic carbocycles.